The molecule has 0 aromatic carbocycles. The Balaban J connectivity index is 1.99. The van der Waals surface area contributed by atoms with E-state index < -0.39 is 0 Å². The largest absolute Gasteiger partial charge is 0.311 e. The Morgan fingerprint density at radius 1 is 1.50 bits per heavy atom. The molecule has 1 aromatic heterocycles. The molecule has 1 saturated carbocycles. The number of hydrogen-bond acceptors (Lipinski definition) is 2. The van der Waals surface area contributed by atoms with Crippen LogP contribution in [0.15, 0.2) is 15.9 Å². The van der Waals surface area contributed by atoms with Crippen molar-refractivity contribution in [3.63, 3.8) is 0 Å². The second kappa shape index (κ2) is 4.33. The predicted octanol–water partition coefficient (Wildman–Crippen LogP) is 3.75. The first kappa shape index (κ1) is 10.7. The minimum atomic E-state index is 0.581. The van der Waals surface area contributed by atoms with E-state index in [2.05, 4.69) is 46.5 Å². The molecular weight excluding hydrogens is 258 g/mol. The zero-order valence-electron chi connectivity index (χ0n) is 8.59. The van der Waals surface area contributed by atoms with Crippen molar-refractivity contribution >= 4 is 27.3 Å². The Bertz CT molecular complexity index is 306. The summed E-state index contributed by atoms with van der Waals surface area (Å²) in [6.07, 6.45) is 2.73. The van der Waals surface area contributed by atoms with Gasteiger partial charge in [0.2, 0.25) is 0 Å². The summed E-state index contributed by atoms with van der Waals surface area (Å²) in [6, 6.07) is 3.52. The smallest absolute Gasteiger partial charge is 0.0317 e. The maximum atomic E-state index is 3.65. The van der Waals surface area contributed by atoms with Crippen LogP contribution >= 0.6 is 27.3 Å². The summed E-state index contributed by atoms with van der Waals surface area (Å²) >= 11 is 5.45. The van der Waals surface area contributed by atoms with Gasteiger partial charge in [0, 0.05) is 27.4 Å². The van der Waals surface area contributed by atoms with Gasteiger partial charge in [-0.1, -0.05) is 6.92 Å². The van der Waals surface area contributed by atoms with Gasteiger partial charge in [0.15, 0.2) is 0 Å². The molecule has 1 nitrogen and oxygen atoms in total. The van der Waals surface area contributed by atoms with Crippen LogP contribution in [0.3, 0.4) is 0 Å². The van der Waals surface area contributed by atoms with E-state index in [0.717, 1.165) is 6.04 Å². The van der Waals surface area contributed by atoms with E-state index in [1.807, 2.05) is 11.3 Å². The Morgan fingerprint density at radius 3 is 2.71 bits per heavy atom. The molecule has 2 rings (SSSR count). The summed E-state index contributed by atoms with van der Waals surface area (Å²) in [5, 5.41) is 5.81. The minimum Gasteiger partial charge on any atom is -0.311 e. The van der Waals surface area contributed by atoms with E-state index in [-0.39, 0.29) is 0 Å². The van der Waals surface area contributed by atoms with Gasteiger partial charge in [0.05, 0.1) is 0 Å². The molecule has 0 amide bonds. The van der Waals surface area contributed by atoms with Crippen molar-refractivity contribution in [1.82, 2.24) is 5.32 Å². The van der Waals surface area contributed by atoms with Crippen LogP contribution in [-0.2, 0) is 0 Å². The van der Waals surface area contributed by atoms with E-state index in [1.54, 1.807) is 0 Å². The fourth-order valence-corrected chi connectivity index (χ4v) is 3.52. The van der Waals surface area contributed by atoms with Gasteiger partial charge in [0.25, 0.3) is 0 Å². The standard InChI is InChI=1S/C11H16BrNS/c1-7(8(2)13-9-3-4-9)11-10(12)5-6-14-11/h5-9,13H,3-4H2,1-2H3. The minimum absolute atomic E-state index is 0.581. The summed E-state index contributed by atoms with van der Waals surface area (Å²) in [5.41, 5.74) is 0. The highest BCUT2D eigenvalue weighted by molar-refractivity contribution is 9.10. The van der Waals surface area contributed by atoms with Crippen LogP contribution in [0.2, 0.25) is 0 Å². The van der Waals surface area contributed by atoms with E-state index >= 15 is 0 Å². The second-order valence-electron chi connectivity index (χ2n) is 4.15. The van der Waals surface area contributed by atoms with Gasteiger partial charge in [0.1, 0.15) is 0 Å². The molecule has 78 valence electrons. The maximum Gasteiger partial charge on any atom is 0.0317 e. The van der Waals surface area contributed by atoms with Crippen molar-refractivity contribution in [3.05, 3.63) is 20.8 Å². The van der Waals surface area contributed by atoms with E-state index in [1.165, 1.54) is 22.2 Å². The molecule has 2 unspecified atom stereocenters. The van der Waals surface area contributed by atoms with Crippen LogP contribution < -0.4 is 5.32 Å². The summed E-state index contributed by atoms with van der Waals surface area (Å²) in [4.78, 5) is 1.46. The Hall–Kier alpha value is 0.140. The number of rotatable bonds is 4. The number of nitrogens with one attached hydrogen (secondary N) is 1. The van der Waals surface area contributed by atoms with Crippen molar-refractivity contribution in [1.29, 1.82) is 0 Å². The lowest BCUT2D eigenvalue weighted by Gasteiger charge is -2.20. The molecule has 1 heterocycles. The zero-order chi connectivity index (χ0) is 10.1. The molecule has 1 aliphatic carbocycles. The van der Waals surface area contributed by atoms with Gasteiger partial charge in [-0.05, 0) is 47.1 Å². The van der Waals surface area contributed by atoms with Crippen LogP contribution in [0, 0.1) is 0 Å². The molecule has 1 N–H and O–H groups in total. The van der Waals surface area contributed by atoms with Gasteiger partial charge in [-0.15, -0.1) is 11.3 Å². The Kier molecular flexibility index (Phi) is 3.30. The van der Waals surface area contributed by atoms with Crippen molar-refractivity contribution in [2.45, 2.75) is 44.7 Å². The van der Waals surface area contributed by atoms with E-state index in [4.69, 9.17) is 0 Å². The third-order valence-corrected chi connectivity index (χ3v) is 4.96. The molecule has 0 aliphatic heterocycles. The van der Waals surface area contributed by atoms with Gasteiger partial charge < -0.3 is 5.32 Å². The molecule has 0 saturated heterocycles. The zero-order valence-corrected chi connectivity index (χ0v) is 11.0. The van der Waals surface area contributed by atoms with Gasteiger partial charge in [-0.3, -0.25) is 0 Å². The fraction of sp³-hybridized carbons (Fsp3) is 0.636. The number of halogens is 1. The van der Waals surface area contributed by atoms with Gasteiger partial charge in [-0.25, -0.2) is 0 Å². The third-order valence-electron chi connectivity index (χ3n) is 2.88. The molecule has 1 fully saturated rings. The number of hydrogen-bond donors (Lipinski definition) is 1. The summed E-state index contributed by atoms with van der Waals surface area (Å²) in [6.45, 7) is 4.59. The van der Waals surface area contributed by atoms with Crippen LogP contribution in [0.25, 0.3) is 0 Å². The van der Waals surface area contributed by atoms with E-state index in [9.17, 15) is 0 Å². The topological polar surface area (TPSA) is 12.0 Å². The molecule has 0 radical (unpaired) electrons. The highest BCUT2D eigenvalue weighted by atomic mass is 79.9. The second-order valence-corrected chi connectivity index (χ2v) is 5.95. The lowest BCUT2D eigenvalue weighted by atomic mass is 10.0. The van der Waals surface area contributed by atoms with Gasteiger partial charge in [-0.2, -0.15) is 0 Å². The maximum absolute atomic E-state index is 3.65. The van der Waals surface area contributed by atoms with Crippen LogP contribution in [0.4, 0.5) is 0 Å². The average Bonchev–Trinajstić information content (AvgIpc) is 2.86. The first-order chi connectivity index (χ1) is 6.68. The summed E-state index contributed by atoms with van der Waals surface area (Å²) in [7, 11) is 0. The van der Waals surface area contributed by atoms with Crippen LogP contribution in [0.5, 0.6) is 0 Å². The third kappa shape index (κ3) is 2.38. The highest BCUT2D eigenvalue weighted by Crippen LogP contribution is 2.33. The van der Waals surface area contributed by atoms with Crippen molar-refractivity contribution in [2.75, 3.05) is 0 Å². The molecule has 1 aromatic rings. The average molecular weight is 274 g/mol. The SMILES string of the molecule is CC(NC1CC1)C(C)c1sccc1Br. The van der Waals surface area contributed by atoms with Crippen molar-refractivity contribution in [3.8, 4) is 0 Å². The molecule has 0 bridgehead atoms. The first-order valence-corrected chi connectivity index (χ1v) is 6.84. The monoisotopic (exact) mass is 273 g/mol. The van der Waals surface area contributed by atoms with E-state index in [0.29, 0.717) is 12.0 Å². The molecular formula is C11H16BrNS. The highest BCUT2D eigenvalue weighted by Gasteiger charge is 2.26. The molecule has 0 spiro atoms. The van der Waals surface area contributed by atoms with Crippen molar-refractivity contribution in [2.24, 2.45) is 0 Å². The lowest BCUT2D eigenvalue weighted by molar-refractivity contribution is 0.482. The lowest BCUT2D eigenvalue weighted by Crippen LogP contribution is -2.32. The van der Waals surface area contributed by atoms with Crippen LogP contribution in [-0.4, -0.2) is 12.1 Å². The molecule has 2 atom stereocenters. The fourth-order valence-electron chi connectivity index (χ4n) is 1.62. The number of thiophene rings is 1. The Labute approximate surface area is 98.0 Å². The molecule has 3 heteroatoms. The summed E-state index contributed by atoms with van der Waals surface area (Å²) in [5.74, 6) is 0.602. The Morgan fingerprint density at radius 2 is 2.21 bits per heavy atom. The van der Waals surface area contributed by atoms with Crippen LogP contribution in [0.1, 0.15) is 37.5 Å². The van der Waals surface area contributed by atoms with Crippen molar-refractivity contribution < 1.29 is 0 Å². The normalized spacial score (nSPS) is 20.8. The molecule has 14 heavy (non-hydrogen) atoms. The predicted molar refractivity (Wildman–Crippen MR) is 66.1 cm³/mol. The first-order valence-electron chi connectivity index (χ1n) is 5.17. The quantitative estimate of drug-likeness (QED) is 0.881. The molecule has 1 aliphatic rings. The van der Waals surface area contributed by atoms with Gasteiger partial charge >= 0.3 is 0 Å². The summed E-state index contributed by atoms with van der Waals surface area (Å²) < 4.78 is 1.26.